The van der Waals surface area contributed by atoms with Crippen LogP contribution in [0.3, 0.4) is 0 Å². The summed E-state index contributed by atoms with van der Waals surface area (Å²) in [5.41, 5.74) is 1.80. The first kappa shape index (κ1) is 25.6. The first-order valence-corrected chi connectivity index (χ1v) is 14.5. The largest absolute Gasteiger partial charge is 0.508 e. The highest BCUT2D eigenvalue weighted by molar-refractivity contribution is 9.10. The molecule has 0 spiro atoms. The monoisotopic (exact) mass is 621 g/mol. The highest BCUT2D eigenvalue weighted by atomic mass is 79.9. The molecule has 0 saturated carbocycles. The lowest BCUT2D eigenvalue weighted by atomic mass is 9.83. The number of benzene rings is 3. The predicted octanol–water partition coefficient (Wildman–Crippen LogP) is 4.81. The van der Waals surface area contributed by atoms with Crippen molar-refractivity contribution in [2.24, 2.45) is 5.92 Å². The Kier molecular flexibility index (Phi) is 6.66. The van der Waals surface area contributed by atoms with Crippen LogP contribution >= 0.6 is 39.0 Å². The molecule has 11 heteroatoms. The lowest BCUT2D eigenvalue weighted by Gasteiger charge is -2.30. The number of amides is 3. The van der Waals surface area contributed by atoms with E-state index in [9.17, 15) is 24.3 Å². The lowest BCUT2D eigenvalue weighted by molar-refractivity contribution is -0.122. The van der Waals surface area contributed by atoms with E-state index in [-0.39, 0.29) is 29.0 Å². The van der Waals surface area contributed by atoms with Crippen molar-refractivity contribution in [3.05, 3.63) is 103 Å². The molecule has 2 unspecified atom stereocenters. The van der Waals surface area contributed by atoms with Crippen molar-refractivity contribution in [3.63, 3.8) is 0 Å². The number of hydrogen-bond donors (Lipinski definition) is 2. The molecule has 1 fully saturated rings. The Morgan fingerprint density at radius 1 is 0.923 bits per heavy atom. The third-order valence-electron chi connectivity index (χ3n) is 6.75. The molecule has 3 amide bonds. The van der Waals surface area contributed by atoms with Gasteiger partial charge in [0.05, 0.1) is 16.6 Å². The van der Waals surface area contributed by atoms with E-state index < -0.39 is 23.0 Å². The summed E-state index contributed by atoms with van der Waals surface area (Å²) in [6, 6.07) is 22.4. The van der Waals surface area contributed by atoms with Crippen LogP contribution in [-0.4, -0.2) is 32.6 Å². The number of fused-ring (bicyclic) bond motifs is 2. The minimum absolute atomic E-state index is 0.0713. The fraction of sp³-hybridized carbons (Fsp3) is 0.143. The molecule has 0 radical (unpaired) electrons. The number of nitrogens with zero attached hydrogens (tertiary/aromatic N) is 2. The van der Waals surface area contributed by atoms with Crippen LogP contribution in [0.1, 0.15) is 16.4 Å². The zero-order chi connectivity index (χ0) is 27.3. The van der Waals surface area contributed by atoms with Gasteiger partial charge in [-0.25, -0.2) is 4.90 Å². The van der Waals surface area contributed by atoms with Gasteiger partial charge in [0.15, 0.2) is 0 Å². The van der Waals surface area contributed by atoms with E-state index in [1.54, 1.807) is 36.4 Å². The van der Waals surface area contributed by atoms with E-state index in [1.165, 1.54) is 33.4 Å². The Morgan fingerprint density at radius 3 is 2.31 bits per heavy atom. The standard InChI is InChI=1S/C28H20BrN3O5S2/c29-16-6-10-18(11-7-16)32-25(35)22-21(15-4-2-1-3-5-15)24-27(38-23(22)26(32)36)31(28(37)39-24)14-20(34)30-17-8-12-19(33)13-9-17/h1-13,21-23,33H,14H2,(H,30,34)/t21-,22?,23?/m1/s1. The highest BCUT2D eigenvalue weighted by Gasteiger charge is 2.56. The Labute approximate surface area is 239 Å². The second-order valence-electron chi connectivity index (χ2n) is 9.16. The Morgan fingerprint density at radius 2 is 1.62 bits per heavy atom. The van der Waals surface area contributed by atoms with Gasteiger partial charge < -0.3 is 10.4 Å². The SMILES string of the molecule is O=C(Cn1c2c(sc1=O)[C@H](c1ccccc1)C1C(=O)N(c3ccc(Br)cc3)C(=O)C1S2)Nc1ccc(O)cc1. The van der Waals surface area contributed by atoms with Crippen LogP contribution in [0, 0.1) is 5.92 Å². The second-order valence-corrected chi connectivity index (χ2v) is 12.2. The number of aromatic hydroxyl groups is 1. The number of aromatic nitrogens is 1. The number of thiazole rings is 1. The van der Waals surface area contributed by atoms with Crippen molar-refractivity contribution in [1.29, 1.82) is 0 Å². The van der Waals surface area contributed by atoms with Gasteiger partial charge in [0.25, 0.3) is 0 Å². The van der Waals surface area contributed by atoms with Crippen molar-refractivity contribution in [2.45, 2.75) is 22.7 Å². The molecule has 196 valence electrons. The molecule has 2 N–H and O–H groups in total. The maximum absolute atomic E-state index is 13.8. The van der Waals surface area contributed by atoms with Crippen LogP contribution in [0.4, 0.5) is 11.4 Å². The highest BCUT2D eigenvalue weighted by Crippen LogP contribution is 2.53. The molecule has 39 heavy (non-hydrogen) atoms. The summed E-state index contributed by atoms with van der Waals surface area (Å²) in [4.78, 5) is 55.2. The molecule has 1 aromatic heterocycles. The number of rotatable bonds is 5. The zero-order valence-corrected chi connectivity index (χ0v) is 23.3. The summed E-state index contributed by atoms with van der Waals surface area (Å²) in [6.07, 6.45) is 0. The van der Waals surface area contributed by atoms with Crippen molar-refractivity contribution in [1.82, 2.24) is 4.57 Å². The third-order valence-corrected chi connectivity index (χ3v) is 9.88. The smallest absolute Gasteiger partial charge is 0.308 e. The van der Waals surface area contributed by atoms with Gasteiger partial charge in [-0.2, -0.15) is 0 Å². The van der Waals surface area contributed by atoms with E-state index in [2.05, 4.69) is 21.2 Å². The quantitative estimate of drug-likeness (QED) is 0.244. The van der Waals surface area contributed by atoms with Crippen LogP contribution < -0.4 is 15.1 Å². The number of phenols is 1. The molecule has 8 nitrogen and oxygen atoms in total. The van der Waals surface area contributed by atoms with Gasteiger partial charge >= 0.3 is 4.87 Å². The summed E-state index contributed by atoms with van der Waals surface area (Å²) < 4.78 is 2.21. The molecule has 0 bridgehead atoms. The van der Waals surface area contributed by atoms with Crippen LogP contribution in [-0.2, 0) is 20.9 Å². The van der Waals surface area contributed by atoms with Crippen molar-refractivity contribution in [2.75, 3.05) is 10.2 Å². The van der Waals surface area contributed by atoms with E-state index in [4.69, 9.17) is 0 Å². The first-order chi connectivity index (χ1) is 18.8. The molecule has 3 atom stereocenters. The van der Waals surface area contributed by atoms with Gasteiger partial charge in [-0.05, 0) is 54.1 Å². The lowest BCUT2D eigenvalue weighted by Crippen LogP contribution is -2.33. The molecular formula is C28H20BrN3O5S2. The topological polar surface area (TPSA) is 109 Å². The number of imide groups is 1. The Bertz CT molecular complexity index is 1650. The Hall–Kier alpha value is -3.67. The van der Waals surface area contributed by atoms with Crippen molar-refractivity contribution in [3.8, 4) is 5.75 Å². The molecule has 2 aliphatic rings. The fourth-order valence-electron chi connectivity index (χ4n) is 5.01. The molecule has 2 aliphatic heterocycles. The van der Waals surface area contributed by atoms with E-state index >= 15 is 0 Å². The average molecular weight is 623 g/mol. The van der Waals surface area contributed by atoms with Gasteiger partial charge in [-0.15, -0.1) is 0 Å². The number of thioether (sulfide) groups is 1. The van der Waals surface area contributed by atoms with Crippen LogP contribution in [0.15, 0.2) is 93.2 Å². The summed E-state index contributed by atoms with van der Waals surface area (Å²) in [6.45, 7) is -0.254. The molecular weight excluding hydrogens is 602 g/mol. The summed E-state index contributed by atoms with van der Waals surface area (Å²) >= 11 is 5.57. The minimum atomic E-state index is -0.751. The van der Waals surface area contributed by atoms with E-state index in [0.29, 0.717) is 21.3 Å². The summed E-state index contributed by atoms with van der Waals surface area (Å²) in [7, 11) is 0. The van der Waals surface area contributed by atoms with Crippen molar-refractivity contribution >= 4 is 68.1 Å². The predicted molar refractivity (Wildman–Crippen MR) is 153 cm³/mol. The molecule has 3 aromatic carbocycles. The number of hydrogen-bond acceptors (Lipinski definition) is 7. The zero-order valence-electron chi connectivity index (χ0n) is 20.1. The number of phenolic OH excluding ortho intramolecular Hbond substituents is 1. The molecule has 6 rings (SSSR count). The Balaban J connectivity index is 1.39. The third kappa shape index (κ3) is 4.60. The van der Waals surface area contributed by atoms with Gasteiger partial charge in [-0.3, -0.25) is 23.7 Å². The maximum atomic E-state index is 13.8. The van der Waals surface area contributed by atoms with E-state index in [0.717, 1.165) is 21.4 Å². The van der Waals surface area contributed by atoms with Gasteiger partial charge in [0.1, 0.15) is 17.5 Å². The molecule has 0 aliphatic carbocycles. The number of halogens is 1. The van der Waals surface area contributed by atoms with Crippen molar-refractivity contribution < 1.29 is 19.5 Å². The first-order valence-electron chi connectivity index (χ1n) is 12.0. The minimum Gasteiger partial charge on any atom is -0.508 e. The number of nitrogens with one attached hydrogen (secondary N) is 1. The molecule has 4 aromatic rings. The molecule has 1 saturated heterocycles. The maximum Gasteiger partial charge on any atom is 0.308 e. The van der Waals surface area contributed by atoms with Crippen LogP contribution in [0.25, 0.3) is 0 Å². The number of carbonyl (C=O) groups is 3. The second kappa shape index (κ2) is 10.1. The number of anilines is 2. The fourth-order valence-corrected chi connectivity index (χ4v) is 8.05. The number of carbonyl (C=O) groups excluding carboxylic acids is 3. The van der Waals surface area contributed by atoms with Gasteiger partial charge in [0.2, 0.25) is 17.7 Å². The van der Waals surface area contributed by atoms with E-state index in [1.807, 2.05) is 30.3 Å². The van der Waals surface area contributed by atoms with Gasteiger partial charge in [-0.1, -0.05) is 69.4 Å². The van der Waals surface area contributed by atoms with Crippen LogP contribution in [0.5, 0.6) is 5.75 Å². The van der Waals surface area contributed by atoms with Gasteiger partial charge in [0, 0.05) is 21.0 Å². The summed E-state index contributed by atoms with van der Waals surface area (Å²) in [5.74, 6) is -2.21. The molecule has 3 heterocycles. The normalized spacial score (nSPS) is 20.0. The van der Waals surface area contributed by atoms with Crippen LogP contribution in [0.2, 0.25) is 0 Å². The summed E-state index contributed by atoms with van der Waals surface area (Å²) in [5, 5.41) is 12.0. The average Bonchev–Trinajstić information content (AvgIpc) is 3.37.